The first-order chi connectivity index (χ1) is 6.20. The van der Waals surface area contributed by atoms with Crippen LogP contribution in [0.1, 0.15) is 25.3 Å². The number of hydrogen-bond acceptors (Lipinski definition) is 1. The van der Waals surface area contributed by atoms with Crippen molar-refractivity contribution in [2.75, 3.05) is 0 Å². The Labute approximate surface area is 82.3 Å². The third-order valence-corrected chi connectivity index (χ3v) is 2.60. The molecule has 2 rings (SSSR count). The molecule has 0 unspecified atom stereocenters. The maximum absolute atomic E-state index is 6.18. The second-order valence-corrected chi connectivity index (χ2v) is 3.84. The Bertz CT molecular complexity index is 429. The van der Waals surface area contributed by atoms with E-state index in [0.717, 1.165) is 21.6 Å². The third-order valence-electron chi connectivity index (χ3n) is 2.21. The number of halogens is 1. The van der Waals surface area contributed by atoms with Gasteiger partial charge in [0.15, 0.2) is 5.58 Å². The minimum absolute atomic E-state index is 0.432. The van der Waals surface area contributed by atoms with E-state index in [2.05, 4.69) is 19.9 Å². The second-order valence-electron chi connectivity index (χ2n) is 3.46. The van der Waals surface area contributed by atoms with Crippen LogP contribution in [0, 0.1) is 0 Å². The SMILES string of the molecule is CC(C)c1ccc2ccoc2c1Cl. The standard InChI is InChI=1S/C11H11ClO/c1-7(2)9-4-3-8-5-6-13-11(8)10(9)12/h3-7H,1-2H3. The van der Waals surface area contributed by atoms with E-state index < -0.39 is 0 Å². The Kier molecular flexibility index (Phi) is 2.04. The third kappa shape index (κ3) is 1.33. The summed E-state index contributed by atoms with van der Waals surface area (Å²) in [6.07, 6.45) is 1.67. The molecular weight excluding hydrogens is 184 g/mol. The molecule has 0 atom stereocenters. The van der Waals surface area contributed by atoms with Crippen molar-refractivity contribution in [1.82, 2.24) is 0 Å². The number of rotatable bonds is 1. The van der Waals surface area contributed by atoms with E-state index in [1.807, 2.05) is 12.1 Å². The largest absolute Gasteiger partial charge is 0.463 e. The van der Waals surface area contributed by atoms with Crippen LogP contribution in [0.5, 0.6) is 0 Å². The zero-order chi connectivity index (χ0) is 9.42. The molecule has 0 saturated heterocycles. The molecule has 0 aliphatic carbocycles. The number of benzene rings is 1. The quantitative estimate of drug-likeness (QED) is 0.663. The second kappa shape index (κ2) is 3.08. The molecule has 1 aromatic heterocycles. The summed E-state index contributed by atoms with van der Waals surface area (Å²) in [7, 11) is 0. The first-order valence-electron chi connectivity index (χ1n) is 4.35. The molecule has 2 heteroatoms. The lowest BCUT2D eigenvalue weighted by atomic mass is 10.0. The Morgan fingerprint density at radius 1 is 1.23 bits per heavy atom. The molecule has 0 fully saturated rings. The normalized spacial score (nSPS) is 11.4. The fourth-order valence-corrected chi connectivity index (χ4v) is 1.89. The topological polar surface area (TPSA) is 13.1 Å². The van der Waals surface area contributed by atoms with Crippen LogP contribution < -0.4 is 0 Å². The van der Waals surface area contributed by atoms with Gasteiger partial charge in [-0.2, -0.15) is 0 Å². The van der Waals surface area contributed by atoms with Crippen molar-refractivity contribution < 1.29 is 4.42 Å². The molecule has 1 aromatic carbocycles. The van der Waals surface area contributed by atoms with Crippen LogP contribution in [0.3, 0.4) is 0 Å². The van der Waals surface area contributed by atoms with Crippen molar-refractivity contribution in [3.63, 3.8) is 0 Å². The summed E-state index contributed by atoms with van der Waals surface area (Å²) < 4.78 is 5.31. The van der Waals surface area contributed by atoms with Gasteiger partial charge < -0.3 is 4.42 Å². The predicted octanol–water partition coefficient (Wildman–Crippen LogP) is 4.21. The molecule has 0 spiro atoms. The lowest BCUT2D eigenvalue weighted by molar-refractivity contribution is 0.615. The van der Waals surface area contributed by atoms with Gasteiger partial charge in [-0.15, -0.1) is 0 Å². The minimum atomic E-state index is 0.432. The molecule has 0 amide bonds. The van der Waals surface area contributed by atoms with Gasteiger partial charge in [0.05, 0.1) is 11.3 Å². The molecule has 68 valence electrons. The maximum atomic E-state index is 6.18. The summed E-state index contributed by atoms with van der Waals surface area (Å²) in [5.41, 5.74) is 1.94. The van der Waals surface area contributed by atoms with E-state index in [9.17, 15) is 0 Å². The summed E-state index contributed by atoms with van der Waals surface area (Å²) in [6, 6.07) is 6.02. The van der Waals surface area contributed by atoms with Crippen LogP contribution in [0.25, 0.3) is 11.0 Å². The molecule has 2 aromatic rings. The predicted molar refractivity (Wildman–Crippen MR) is 55.3 cm³/mol. The number of furan rings is 1. The van der Waals surface area contributed by atoms with Crippen LogP contribution in [0.4, 0.5) is 0 Å². The van der Waals surface area contributed by atoms with Gasteiger partial charge in [0, 0.05) is 5.39 Å². The van der Waals surface area contributed by atoms with Gasteiger partial charge >= 0.3 is 0 Å². The maximum Gasteiger partial charge on any atom is 0.152 e. The summed E-state index contributed by atoms with van der Waals surface area (Å²) >= 11 is 6.18. The van der Waals surface area contributed by atoms with Gasteiger partial charge in [-0.1, -0.05) is 37.6 Å². The van der Waals surface area contributed by atoms with Gasteiger partial charge in [-0.3, -0.25) is 0 Å². The molecule has 0 aliphatic rings. The van der Waals surface area contributed by atoms with Crippen molar-refractivity contribution in [3.05, 3.63) is 35.0 Å². The van der Waals surface area contributed by atoms with Crippen molar-refractivity contribution in [3.8, 4) is 0 Å². The molecule has 0 aliphatic heterocycles. The Morgan fingerprint density at radius 2 is 2.00 bits per heavy atom. The average Bonchev–Trinajstić information content (AvgIpc) is 2.52. The van der Waals surface area contributed by atoms with E-state index in [0.29, 0.717) is 5.92 Å². The molecule has 0 radical (unpaired) electrons. The zero-order valence-corrected chi connectivity index (χ0v) is 8.43. The highest BCUT2D eigenvalue weighted by molar-refractivity contribution is 6.35. The smallest absolute Gasteiger partial charge is 0.152 e. The summed E-state index contributed by atoms with van der Waals surface area (Å²) in [5.74, 6) is 0.432. The van der Waals surface area contributed by atoms with Crippen molar-refractivity contribution in [2.45, 2.75) is 19.8 Å². The molecule has 1 heterocycles. The lowest BCUT2D eigenvalue weighted by Gasteiger charge is -2.07. The van der Waals surface area contributed by atoms with Gasteiger partial charge in [0.1, 0.15) is 0 Å². The highest BCUT2D eigenvalue weighted by Crippen LogP contribution is 2.32. The first-order valence-corrected chi connectivity index (χ1v) is 4.73. The summed E-state index contributed by atoms with van der Waals surface area (Å²) in [4.78, 5) is 0. The highest BCUT2D eigenvalue weighted by atomic mass is 35.5. The Morgan fingerprint density at radius 3 is 2.69 bits per heavy atom. The van der Waals surface area contributed by atoms with Crippen LogP contribution in [0.2, 0.25) is 5.02 Å². The van der Waals surface area contributed by atoms with Gasteiger partial charge in [0.25, 0.3) is 0 Å². The van der Waals surface area contributed by atoms with E-state index in [4.69, 9.17) is 16.0 Å². The minimum Gasteiger partial charge on any atom is -0.463 e. The van der Waals surface area contributed by atoms with Gasteiger partial charge in [0.2, 0.25) is 0 Å². The van der Waals surface area contributed by atoms with Crippen LogP contribution in [0.15, 0.2) is 28.9 Å². The fourth-order valence-electron chi connectivity index (χ4n) is 1.46. The molecule has 13 heavy (non-hydrogen) atoms. The number of fused-ring (bicyclic) bond motifs is 1. The number of hydrogen-bond donors (Lipinski definition) is 0. The molecule has 1 nitrogen and oxygen atoms in total. The van der Waals surface area contributed by atoms with Crippen molar-refractivity contribution in [2.24, 2.45) is 0 Å². The molecule has 0 saturated carbocycles. The monoisotopic (exact) mass is 194 g/mol. The highest BCUT2D eigenvalue weighted by Gasteiger charge is 2.10. The first kappa shape index (κ1) is 8.64. The molecule has 0 bridgehead atoms. The van der Waals surface area contributed by atoms with E-state index in [1.165, 1.54) is 0 Å². The van der Waals surface area contributed by atoms with Crippen LogP contribution >= 0.6 is 11.6 Å². The average molecular weight is 195 g/mol. The van der Waals surface area contributed by atoms with Gasteiger partial charge in [-0.05, 0) is 17.5 Å². The van der Waals surface area contributed by atoms with Gasteiger partial charge in [-0.25, -0.2) is 0 Å². The zero-order valence-electron chi connectivity index (χ0n) is 7.67. The van der Waals surface area contributed by atoms with E-state index >= 15 is 0 Å². The molecule has 0 N–H and O–H groups in total. The molecular formula is C11H11ClO. The van der Waals surface area contributed by atoms with Crippen molar-refractivity contribution in [1.29, 1.82) is 0 Å². The van der Waals surface area contributed by atoms with Crippen molar-refractivity contribution >= 4 is 22.6 Å². The fraction of sp³-hybridized carbons (Fsp3) is 0.273. The summed E-state index contributed by atoms with van der Waals surface area (Å²) in [6.45, 7) is 4.24. The van der Waals surface area contributed by atoms with E-state index in [-0.39, 0.29) is 0 Å². The Hall–Kier alpha value is -0.950. The summed E-state index contributed by atoms with van der Waals surface area (Å²) in [5, 5.41) is 1.81. The van der Waals surface area contributed by atoms with Crippen LogP contribution in [-0.4, -0.2) is 0 Å². The lowest BCUT2D eigenvalue weighted by Crippen LogP contribution is -1.87. The Balaban J connectivity index is 2.73. The van der Waals surface area contributed by atoms with Crippen LogP contribution in [-0.2, 0) is 0 Å². The van der Waals surface area contributed by atoms with E-state index in [1.54, 1.807) is 6.26 Å².